The molecule has 0 aliphatic carbocycles. The molecule has 0 saturated carbocycles. The zero-order chi connectivity index (χ0) is 43.1. The number of amides is 1. The van der Waals surface area contributed by atoms with Gasteiger partial charge in [0.15, 0.2) is 6.29 Å². The topological polar surface area (TPSA) is 200 Å². The van der Waals surface area contributed by atoms with Crippen molar-refractivity contribution < 1.29 is 54.1 Å². The van der Waals surface area contributed by atoms with E-state index in [0.29, 0.717) is 32.5 Å². The highest BCUT2D eigenvalue weighted by Crippen LogP contribution is 2.34. The lowest BCUT2D eigenvalue weighted by Gasteiger charge is -2.44. The number of ether oxygens (including phenoxy) is 4. The molecule has 7 N–H and O–H groups in total. The van der Waals surface area contributed by atoms with Crippen LogP contribution < -0.4 is 15.4 Å². The summed E-state index contributed by atoms with van der Waals surface area (Å²) in [4.78, 5) is 28.9. The van der Waals surface area contributed by atoms with Crippen molar-refractivity contribution in [1.29, 1.82) is 0 Å². The molecule has 2 aliphatic rings. The molecule has 2 aromatic rings. The van der Waals surface area contributed by atoms with Crippen LogP contribution in [0.4, 0.5) is 0 Å². The molecule has 14 atom stereocenters. The Balaban J connectivity index is 1.54. The van der Waals surface area contributed by atoms with Crippen molar-refractivity contribution in [1.82, 2.24) is 15.5 Å². The summed E-state index contributed by atoms with van der Waals surface area (Å²) in [6.07, 6.45) is -6.03. The van der Waals surface area contributed by atoms with Crippen LogP contribution in [-0.2, 0) is 23.8 Å². The zero-order valence-corrected chi connectivity index (χ0v) is 36.2. The van der Waals surface area contributed by atoms with E-state index in [1.165, 1.54) is 13.8 Å². The van der Waals surface area contributed by atoms with Gasteiger partial charge in [-0.15, -0.1) is 0 Å². The molecule has 0 unspecified atom stereocenters. The van der Waals surface area contributed by atoms with Crippen molar-refractivity contribution in [3.8, 4) is 5.75 Å². The Bertz CT molecular complexity index is 1640. The third kappa shape index (κ3) is 11.7. The van der Waals surface area contributed by atoms with Gasteiger partial charge < -0.3 is 55.1 Å². The number of aliphatic hydroxyl groups is 5. The van der Waals surface area contributed by atoms with E-state index in [1.807, 2.05) is 62.1 Å². The van der Waals surface area contributed by atoms with E-state index < -0.39 is 71.9 Å². The highest BCUT2D eigenvalue weighted by atomic mass is 16.7. The summed E-state index contributed by atoms with van der Waals surface area (Å²) in [5, 5.41) is 66.5. The molecular formula is C44H71N3O11. The van der Waals surface area contributed by atoms with Crippen molar-refractivity contribution in [3.63, 3.8) is 0 Å². The second-order valence-corrected chi connectivity index (χ2v) is 17.4. The van der Waals surface area contributed by atoms with Gasteiger partial charge in [0, 0.05) is 38.1 Å². The summed E-state index contributed by atoms with van der Waals surface area (Å²) >= 11 is 0. The molecule has 2 aliphatic heterocycles. The highest BCUT2D eigenvalue weighted by Gasteiger charge is 2.48. The normalized spacial score (nSPS) is 36.7. The summed E-state index contributed by atoms with van der Waals surface area (Å²) in [5.74, 6) is -1.83. The van der Waals surface area contributed by atoms with E-state index in [1.54, 1.807) is 34.9 Å². The number of carbonyl (C=O) groups excluding carboxylic acids is 2. The van der Waals surface area contributed by atoms with Gasteiger partial charge in [-0.05, 0) is 109 Å². The molecule has 0 radical (unpaired) electrons. The standard InChI is InChI=1S/C44H71N3O11/c1-11-36-44(8,54)39(50)29(6)47(18-12-17-46-40(51)27(4)30-13-14-32-21-33(55-10)16-15-31(32)20-30)24-25(2)23-43(7,53)37(22-35(48)28(5)41(52)57-36)58-42-38(49)34(45-9)19-26(3)56-42/h13-16,20-21,25-29,34-39,42,45,48-50,53-54H,11-12,17-19,22-24H2,1-10H3,(H,46,51)/t25-,26-,27-,28-,29-,34+,35+,36-,37-,38-,39-,42+,43-,44-/m1/s1. The molecule has 14 nitrogen and oxygen atoms in total. The fourth-order valence-corrected chi connectivity index (χ4v) is 8.59. The van der Waals surface area contributed by atoms with Crippen molar-refractivity contribution in [2.75, 3.05) is 33.8 Å². The minimum absolute atomic E-state index is 0.122. The van der Waals surface area contributed by atoms with E-state index in [-0.39, 0.29) is 43.2 Å². The Morgan fingerprint density at radius 3 is 2.36 bits per heavy atom. The number of nitrogens with one attached hydrogen (secondary N) is 2. The van der Waals surface area contributed by atoms with Gasteiger partial charge in [0.1, 0.15) is 29.7 Å². The molecule has 1 amide bonds. The van der Waals surface area contributed by atoms with E-state index >= 15 is 0 Å². The molecule has 0 aromatic heterocycles. The molecule has 58 heavy (non-hydrogen) atoms. The van der Waals surface area contributed by atoms with Crippen LogP contribution in [0.15, 0.2) is 36.4 Å². The number of methoxy groups -OCH3 is 1. The number of likely N-dealkylation sites (N-methyl/N-ethyl adjacent to an activating group) is 1. The monoisotopic (exact) mass is 818 g/mol. The predicted molar refractivity (Wildman–Crippen MR) is 221 cm³/mol. The number of hydrogen-bond acceptors (Lipinski definition) is 13. The maximum Gasteiger partial charge on any atom is 0.311 e. The second kappa shape index (κ2) is 20.6. The Labute approximate surface area is 344 Å². The van der Waals surface area contributed by atoms with Gasteiger partial charge in [0.25, 0.3) is 0 Å². The highest BCUT2D eigenvalue weighted by molar-refractivity contribution is 5.88. The fourth-order valence-electron chi connectivity index (χ4n) is 8.59. The molecule has 328 valence electrons. The van der Waals surface area contributed by atoms with Crippen LogP contribution in [0.5, 0.6) is 5.75 Å². The fraction of sp³-hybridized carbons (Fsp3) is 0.727. The number of esters is 1. The molecule has 2 saturated heterocycles. The summed E-state index contributed by atoms with van der Waals surface area (Å²) in [6, 6.07) is 10.8. The molecule has 2 fully saturated rings. The lowest BCUT2D eigenvalue weighted by molar-refractivity contribution is -0.285. The SMILES string of the molecule is CC[C@H]1OC(=O)[C@H](C)[C@@H](O)C[C@@H](O[C@@H]2O[C@H](C)C[C@H](NC)[C@H]2O)[C@](C)(O)C[C@@H](C)CN(CCCNC(=O)[C@H](C)c2ccc3cc(OC)ccc3c2)[C@H](C)[C@@H](O)[C@]1(C)O. The van der Waals surface area contributed by atoms with E-state index in [9.17, 15) is 35.1 Å². The minimum Gasteiger partial charge on any atom is -0.497 e. The van der Waals surface area contributed by atoms with Gasteiger partial charge in [-0.25, -0.2) is 0 Å². The maximum atomic E-state index is 13.5. The molecule has 2 aromatic carbocycles. The first-order valence-corrected chi connectivity index (χ1v) is 21.0. The third-order valence-corrected chi connectivity index (χ3v) is 12.5. The Hall–Kier alpha value is -2.92. The van der Waals surface area contributed by atoms with Crippen LogP contribution in [0.25, 0.3) is 10.8 Å². The van der Waals surface area contributed by atoms with Crippen LogP contribution >= 0.6 is 0 Å². The lowest BCUT2D eigenvalue weighted by atomic mass is 9.83. The molecular weight excluding hydrogens is 746 g/mol. The number of benzene rings is 2. The largest absolute Gasteiger partial charge is 0.497 e. The van der Waals surface area contributed by atoms with Crippen LogP contribution in [0.1, 0.15) is 99.0 Å². The Kier molecular flexibility index (Phi) is 16.9. The zero-order valence-electron chi connectivity index (χ0n) is 36.2. The molecule has 4 rings (SSSR count). The van der Waals surface area contributed by atoms with Gasteiger partial charge in [0.05, 0.1) is 42.9 Å². The van der Waals surface area contributed by atoms with Gasteiger partial charge in [-0.2, -0.15) is 0 Å². The van der Waals surface area contributed by atoms with Crippen molar-refractivity contribution >= 4 is 22.6 Å². The van der Waals surface area contributed by atoms with Crippen LogP contribution in [0.2, 0.25) is 0 Å². The number of fused-ring (bicyclic) bond motifs is 1. The first-order chi connectivity index (χ1) is 27.2. The van der Waals surface area contributed by atoms with Crippen LogP contribution in [0.3, 0.4) is 0 Å². The molecule has 0 spiro atoms. The Morgan fingerprint density at radius 2 is 1.71 bits per heavy atom. The second-order valence-electron chi connectivity index (χ2n) is 17.4. The quantitative estimate of drug-likeness (QED) is 0.129. The number of nitrogens with zero attached hydrogens (tertiary/aromatic N) is 1. The van der Waals surface area contributed by atoms with Crippen LogP contribution in [0, 0.1) is 11.8 Å². The average molecular weight is 818 g/mol. The molecule has 2 heterocycles. The number of carbonyl (C=O) groups is 2. The Morgan fingerprint density at radius 1 is 1.03 bits per heavy atom. The van der Waals surface area contributed by atoms with Crippen molar-refractivity contribution in [3.05, 3.63) is 42.0 Å². The minimum atomic E-state index is -1.86. The van der Waals surface area contributed by atoms with Crippen LogP contribution in [-0.4, -0.2) is 142 Å². The smallest absolute Gasteiger partial charge is 0.311 e. The predicted octanol–water partition coefficient (Wildman–Crippen LogP) is 3.23. The first kappa shape index (κ1) is 47.8. The maximum absolute atomic E-state index is 13.5. The van der Waals surface area contributed by atoms with E-state index in [0.717, 1.165) is 22.1 Å². The summed E-state index contributed by atoms with van der Waals surface area (Å²) in [6.45, 7) is 15.0. The van der Waals surface area contributed by atoms with E-state index in [2.05, 4.69) is 10.6 Å². The van der Waals surface area contributed by atoms with E-state index in [4.69, 9.17) is 18.9 Å². The molecule has 0 bridgehead atoms. The molecule has 14 heteroatoms. The van der Waals surface area contributed by atoms with Gasteiger partial charge >= 0.3 is 5.97 Å². The van der Waals surface area contributed by atoms with Gasteiger partial charge in [-0.1, -0.05) is 38.1 Å². The van der Waals surface area contributed by atoms with Gasteiger partial charge in [-0.3, -0.25) is 14.5 Å². The van der Waals surface area contributed by atoms with Crippen molar-refractivity contribution in [2.24, 2.45) is 11.8 Å². The van der Waals surface area contributed by atoms with Crippen molar-refractivity contribution in [2.45, 2.75) is 160 Å². The third-order valence-electron chi connectivity index (χ3n) is 12.5. The summed E-state index contributed by atoms with van der Waals surface area (Å²) in [7, 11) is 3.37. The number of rotatable bonds is 11. The summed E-state index contributed by atoms with van der Waals surface area (Å²) < 4.78 is 23.5. The summed E-state index contributed by atoms with van der Waals surface area (Å²) in [5.41, 5.74) is -2.55. The first-order valence-electron chi connectivity index (χ1n) is 21.0. The number of hydrogen-bond donors (Lipinski definition) is 7. The average Bonchev–Trinajstić information content (AvgIpc) is 3.19. The number of aliphatic hydroxyl groups excluding tert-OH is 3. The number of cyclic esters (lactones) is 1. The lowest BCUT2D eigenvalue weighted by Crippen LogP contribution is -2.59. The van der Waals surface area contributed by atoms with Gasteiger partial charge in [0.2, 0.25) is 5.91 Å².